The van der Waals surface area contributed by atoms with Crippen molar-refractivity contribution in [1.29, 1.82) is 0 Å². The highest BCUT2D eigenvalue weighted by Crippen LogP contribution is 2.28. The molecule has 3 rings (SSSR count). The van der Waals surface area contributed by atoms with Gasteiger partial charge in [0, 0.05) is 36.6 Å². The number of aromatic nitrogens is 1. The maximum absolute atomic E-state index is 12.7. The Balaban J connectivity index is 1.70. The molecule has 1 unspecified atom stereocenters. The zero-order valence-corrected chi connectivity index (χ0v) is 16.4. The van der Waals surface area contributed by atoms with Crippen molar-refractivity contribution in [3.05, 3.63) is 69.8 Å². The van der Waals surface area contributed by atoms with Gasteiger partial charge >= 0.3 is 0 Å². The SMILES string of the molecule is CCC(CN(C)C(=O)Cc1c[nH]c2ccccc12)c1ccc(Cl)c(Cl)c1. The lowest BCUT2D eigenvalue weighted by atomic mass is 9.96. The molecule has 0 bridgehead atoms. The van der Waals surface area contributed by atoms with Crippen molar-refractivity contribution in [3.8, 4) is 0 Å². The molecule has 1 aromatic heterocycles. The van der Waals surface area contributed by atoms with E-state index in [1.54, 1.807) is 4.90 Å². The van der Waals surface area contributed by atoms with Gasteiger partial charge in [-0.25, -0.2) is 0 Å². The van der Waals surface area contributed by atoms with Crippen LogP contribution in [0.4, 0.5) is 0 Å². The molecule has 26 heavy (non-hydrogen) atoms. The Morgan fingerprint density at radius 1 is 1.15 bits per heavy atom. The molecule has 0 saturated heterocycles. The molecule has 1 N–H and O–H groups in total. The second-order valence-electron chi connectivity index (χ2n) is 6.59. The first-order valence-corrected chi connectivity index (χ1v) is 9.49. The molecule has 5 heteroatoms. The van der Waals surface area contributed by atoms with E-state index in [0.29, 0.717) is 23.0 Å². The van der Waals surface area contributed by atoms with Gasteiger partial charge in [0.1, 0.15) is 0 Å². The first-order valence-electron chi connectivity index (χ1n) is 8.73. The predicted octanol–water partition coefficient (Wildman–Crippen LogP) is 5.67. The normalized spacial score (nSPS) is 12.3. The van der Waals surface area contributed by atoms with Gasteiger partial charge in [0.2, 0.25) is 5.91 Å². The number of likely N-dealkylation sites (N-methyl/N-ethyl adjacent to an activating group) is 1. The molecule has 1 heterocycles. The summed E-state index contributed by atoms with van der Waals surface area (Å²) in [7, 11) is 1.86. The van der Waals surface area contributed by atoms with Crippen LogP contribution < -0.4 is 0 Å². The molecule has 1 atom stereocenters. The molecule has 0 fully saturated rings. The topological polar surface area (TPSA) is 36.1 Å². The number of para-hydroxylation sites is 1. The number of hydrogen-bond donors (Lipinski definition) is 1. The van der Waals surface area contributed by atoms with E-state index in [4.69, 9.17) is 23.2 Å². The number of carbonyl (C=O) groups excluding carboxylic acids is 1. The Hall–Kier alpha value is -1.97. The molecular formula is C21H22Cl2N2O. The smallest absolute Gasteiger partial charge is 0.226 e. The fourth-order valence-corrected chi connectivity index (χ4v) is 3.55. The molecule has 1 amide bonds. The Kier molecular flexibility index (Phi) is 5.90. The lowest BCUT2D eigenvalue weighted by Gasteiger charge is -2.24. The van der Waals surface area contributed by atoms with E-state index >= 15 is 0 Å². The Morgan fingerprint density at radius 3 is 2.65 bits per heavy atom. The Morgan fingerprint density at radius 2 is 1.92 bits per heavy atom. The van der Waals surface area contributed by atoms with Crippen LogP contribution in [0, 0.1) is 0 Å². The Labute approximate surface area is 163 Å². The summed E-state index contributed by atoms with van der Waals surface area (Å²) in [4.78, 5) is 17.8. The van der Waals surface area contributed by atoms with E-state index < -0.39 is 0 Å². The largest absolute Gasteiger partial charge is 0.361 e. The highest BCUT2D eigenvalue weighted by Gasteiger charge is 2.18. The average molecular weight is 389 g/mol. The summed E-state index contributed by atoms with van der Waals surface area (Å²) in [5.41, 5.74) is 3.19. The number of aromatic amines is 1. The maximum atomic E-state index is 12.7. The zero-order valence-electron chi connectivity index (χ0n) is 14.9. The third kappa shape index (κ3) is 4.05. The summed E-state index contributed by atoms with van der Waals surface area (Å²) in [6.45, 7) is 2.76. The van der Waals surface area contributed by atoms with Crippen molar-refractivity contribution in [2.75, 3.05) is 13.6 Å². The molecule has 0 aliphatic heterocycles. The summed E-state index contributed by atoms with van der Waals surface area (Å²) < 4.78 is 0. The predicted molar refractivity (Wildman–Crippen MR) is 109 cm³/mol. The van der Waals surface area contributed by atoms with Crippen molar-refractivity contribution in [3.63, 3.8) is 0 Å². The van der Waals surface area contributed by atoms with E-state index in [0.717, 1.165) is 28.5 Å². The highest BCUT2D eigenvalue weighted by atomic mass is 35.5. The first-order chi connectivity index (χ1) is 12.5. The molecular weight excluding hydrogens is 367 g/mol. The number of hydrogen-bond acceptors (Lipinski definition) is 1. The van der Waals surface area contributed by atoms with E-state index in [2.05, 4.69) is 11.9 Å². The number of halogens is 2. The molecule has 2 aromatic carbocycles. The van der Waals surface area contributed by atoms with Gasteiger partial charge < -0.3 is 9.88 Å². The molecule has 0 spiro atoms. The van der Waals surface area contributed by atoms with Crippen molar-refractivity contribution in [1.82, 2.24) is 9.88 Å². The van der Waals surface area contributed by atoms with Crippen LogP contribution in [0.2, 0.25) is 10.0 Å². The summed E-state index contributed by atoms with van der Waals surface area (Å²) in [5.74, 6) is 0.329. The van der Waals surface area contributed by atoms with Crippen LogP contribution in [0.25, 0.3) is 10.9 Å². The molecule has 0 saturated carbocycles. The lowest BCUT2D eigenvalue weighted by molar-refractivity contribution is -0.129. The number of nitrogens with one attached hydrogen (secondary N) is 1. The van der Waals surface area contributed by atoms with E-state index in [9.17, 15) is 4.79 Å². The van der Waals surface area contributed by atoms with Gasteiger partial charge in [0.05, 0.1) is 16.5 Å². The van der Waals surface area contributed by atoms with Gasteiger partial charge in [-0.05, 0) is 35.7 Å². The minimum Gasteiger partial charge on any atom is -0.361 e. The fourth-order valence-electron chi connectivity index (χ4n) is 3.24. The molecule has 3 aromatic rings. The highest BCUT2D eigenvalue weighted by molar-refractivity contribution is 6.42. The number of nitrogens with zero attached hydrogens (tertiary/aromatic N) is 1. The third-order valence-electron chi connectivity index (χ3n) is 4.84. The zero-order chi connectivity index (χ0) is 18.7. The molecule has 3 nitrogen and oxygen atoms in total. The average Bonchev–Trinajstić information content (AvgIpc) is 3.05. The van der Waals surface area contributed by atoms with Gasteiger partial charge in [-0.3, -0.25) is 4.79 Å². The third-order valence-corrected chi connectivity index (χ3v) is 5.58. The summed E-state index contributed by atoms with van der Waals surface area (Å²) in [6, 6.07) is 13.7. The quantitative estimate of drug-likeness (QED) is 0.579. The number of carbonyl (C=O) groups is 1. The van der Waals surface area contributed by atoms with Crippen LogP contribution in [-0.2, 0) is 11.2 Å². The summed E-state index contributed by atoms with van der Waals surface area (Å²) in [5, 5.41) is 2.20. The van der Waals surface area contributed by atoms with Crippen LogP contribution >= 0.6 is 23.2 Å². The van der Waals surface area contributed by atoms with Crippen LogP contribution in [0.5, 0.6) is 0 Å². The van der Waals surface area contributed by atoms with Gasteiger partial charge in [0.25, 0.3) is 0 Å². The van der Waals surface area contributed by atoms with Crippen molar-refractivity contribution in [2.24, 2.45) is 0 Å². The van der Waals surface area contributed by atoms with E-state index in [1.165, 1.54) is 0 Å². The fraction of sp³-hybridized carbons (Fsp3) is 0.286. The second-order valence-corrected chi connectivity index (χ2v) is 7.40. The van der Waals surface area contributed by atoms with Crippen molar-refractivity contribution >= 4 is 40.0 Å². The molecule has 136 valence electrons. The summed E-state index contributed by atoms with van der Waals surface area (Å²) >= 11 is 12.2. The standard InChI is InChI=1S/C21H22Cl2N2O/c1-3-14(15-8-9-18(22)19(23)10-15)13-25(2)21(26)11-16-12-24-20-7-5-4-6-17(16)20/h4-10,12,14,24H,3,11,13H2,1-2H3. The van der Waals surface area contributed by atoms with E-state index in [-0.39, 0.29) is 11.8 Å². The van der Waals surface area contributed by atoms with Gasteiger partial charge in [0.15, 0.2) is 0 Å². The van der Waals surface area contributed by atoms with E-state index in [1.807, 2.05) is 55.7 Å². The number of benzene rings is 2. The van der Waals surface area contributed by atoms with Crippen molar-refractivity contribution < 1.29 is 4.79 Å². The molecule has 0 aliphatic carbocycles. The van der Waals surface area contributed by atoms with Crippen molar-refractivity contribution in [2.45, 2.75) is 25.7 Å². The monoisotopic (exact) mass is 388 g/mol. The van der Waals surface area contributed by atoms with Crippen LogP contribution in [-0.4, -0.2) is 29.4 Å². The number of amides is 1. The number of rotatable bonds is 6. The van der Waals surface area contributed by atoms with Crippen LogP contribution in [0.3, 0.4) is 0 Å². The van der Waals surface area contributed by atoms with Gasteiger partial charge in [-0.1, -0.05) is 54.4 Å². The minimum absolute atomic E-state index is 0.105. The lowest BCUT2D eigenvalue weighted by Crippen LogP contribution is -2.32. The van der Waals surface area contributed by atoms with Crippen LogP contribution in [0.15, 0.2) is 48.7 Å². The molecule has 0 radical (unpaired) electrons. The maximum Gasteiger partial charge on any atom is 0.226 e. The Bertz CT molecular complexity index is 919. The van der Waals surface area contributed by atoms with Gasteiger partial charge in [-0.2, -0.15) is 0 Å². The molecule has 0 aliphatic rings. The van der Waals surface area contributed by atoms with Crippen LogP contribution in [0.1, 0.15) is 30.4 Å². The second kappa shape index (κ2) is 8.15. The number of H-pyrrole nitrogens is 1. The summed E-state index contributed by atoms with van der Waals surface area (Å²) in [6.07, 6.45) is 3.23. The van der Waals surface area contributed by atoms with Gasteiger partial charge in [-0.15, -0.1) is 0 Å². The first kappa shape index (κ1) is 18.8. The number of fused-ring (bicyclic) bond motifs is 1. The minimum atomic E-state index is 0.105.